The number of pyridine rings is 1. The van der Waals surface area contributed by atoms with Crippen LogP contribution < -0.4 is 10.5 Å². The Morgan fingerprint density at radius 1 is 1.53 bits per heavy atom. The first kappa shape index (κ1) is 11.1. The van der Waals surface area contributed by atoms with Crippen LogP contribution in [0.4, 0.5) is 18.9 Å². The average molecular weight is 217 g/mol. The minimum atomic E-state index is -4.84. The first-order valence-corrected chi connectivity index (χ1v) is 3.76. The van der Waals surface area contributed by atoms with Crippen LogP contribution >= 0.6 is 0 Å². The Morgan fingerprint density at radius 2 is 2.13 bits per heavy atom. The molecule has 0 fully saturated rings. The van der Waals surface area contributed by atoms with Gasteiger partial charge in [0.2, 0.25) is 0 Å². The predicted molar refractivity (Wildman–Crippen MR) is 44.8 cm³/mol. The zero-order valence-electron chi connectivity index (χ0n) is 7.59. The summed E-state index contributed by atoms with van der Waals surface area (Å²) in [7, 11) is 0. The molecule has 4 nitrogen and oxygen atoms in total. The van der Waals surface area contributed by atoms with Crippen LogP contribution in [0.2, 0.25) is 0 Å². The van der Waals surface area contributed by atoms with E-state index < -0.39 is 12.1 Å². The maximum atomic E-state index is 11.9. The van der Waals surface area contributed by atoms with E-state index in [4.69, 9.17) is 11.0 Å². The average Bonchev–Trinajstić information content (AvgIpc) is 2.10. The summed E-state index contributed by atoms with van der Waals surface area (Å²) in [4.78, 5) is 3.65. The summed E-state index contributed by atoms with van der Waals surface area (Å²) >= 11 is 0. The summed E-state index contributed by atoms with van der Waals surface area (Å²) < 4.78 is 39.4. The molecule has 1 rings (SSSR count). The molecule has 0 atom stereocenters. The van der Waals surface area contributed by atoms with Crippen LogP contribution in [0.1, 0.15) is 11.4 Å². The molecule has 0 radical (unpaired) electrons. The predicted octanol–water partition coefficient (Wildman–Crippen LogP) is 1.74. The third kappa shape index (κ3) is 2.74. The van der Waals surface area contributed by atoms with Crippen molar-refractivity contribution in [2.24, 2.45) is 0 Å². The molecule has 0 bridgehead atoms. The molecule has 0 aliphatic rings. The Balaban J connectivity index is 3.18. The number of nitrogen functional groups attached to an aromatic ring is 1. The van der Waals surface area contributed by atoms with Gasteiger partial charge in [-0.05, 0) is 6.92 Å². The Hall–Kier alpha value is -1.97. The first-order valence-electron chi connectivity index (χ1n) is 3.76. The zero-order chi connectivity index (χ0) is 11.6. The number of ether oxygens (including phenoxy) is 1. The van der Waals surface area contributed by atoms with E-state index in [2.05, 4.69) is 9.72 Å². The van der Waals surface area contributed by atoms with Crippen molar-refractivity contribution in [2.75, 3.05) is 5.73 Å². The van der Waals surface area contributed by atoms with E-state index in [1.807, 2.05) is 0 Å². The summed E-state index contributed by atoms with van der Waals surface area (Å²) in [5.41, 5.74) is 5.03. The van der Waals surface area contributed by atoms with Gasteiger partial charge in [-0.25, -0.2) is 4.98 Å². The van der Waals surface area contributed by atoms with Crippen LogP contribution in [0.25, 0.3) is 0 Å². The number of nitriles is 1. The molecule has 2 N–H and O–H groups in total. The highest BCUT2D eigenvalue weighted by Crippen LogP contribution is 2.30. The Bertz CT molecular complexity index is 422. The van der Waals surface area contributed by atoms with Gasteiger partial charge in [0.05, 0.1) is 11.4 Å². The topological polar surface area (TPSA) is 71.9 Å². The van der Waals surface area contributed by atoms with Gasteiger partial charge in [-0.2, -0.15) is 5.26 Å². The summed E-state index contributed by atoms with van der Waals surface area (Å²) in [6.07, 6.45) is -4.84. The van der Waals surface area contributed by atoms with Crippen molar-refractivity contribution in [1.29, 1.82) is 5.26 Å². The van der Waals surface area contributed by atoms with Crippen molar-refractivity contribution >= 4 is 5.69 Å². The monoisotopic (exact) mass is 217 g/mol. The molecule has 0 spiro atoms. The van der Waals surface area contributed by atoms with Crippen LogP contribution in [-0.2, 0) is 0 Å². The molecule has 0 saturated carbocycles. The molecular weight excluding hydrogens is 211 g/mol. The molecule has 7 heteroatoms. The molecule has 80 valence electrons. The second kappa shape index (κ2) is 3.65. The largest absolute Gasteiger partial charge is 0.573 e. The number of alkyl halides is 3. The van der Waals surface area contributed by atoms with Crippen molar-refractivity contribution < 1.29 is 17.9 Å². The van der Waals surface area contributed by atoms with Crippen LogP contribution in [0.15, 0.2) is 6.07 Å². The maximum Gasteiger partial charge on any atom is 0.573 e. The molecule has 0 aliphatic carbocycles. The van der Waals surface area contributed by atoms with Gasteiger partial charge in [0, 0.05) is 6.07 Å². The van der Waals surface area contributed by atoms with Crippen molar-refractivity contribution in [3.8, 4) is 11.8 Å². The SMILES string of the molecule is Cc1nc(C#N)cc(OC(F)(F)F)c1N. The smallest absolute Gasteiger partial charge is 0.403 e. The summed E-state index contributed by atoms with van der Waals surface area (Å²) in [6, 6.07) is 2.45. The van der Waals surface area contributed by atoms with Crippen molar-refractivity contribution in [3.05, 3.63) is 17.5 Å². The standard InChI is InChI=1S/C8H6F3N3O/c1-4-7(13)6(15-8(9,10)11)2-5(3-12)14-4/h2H,13H2,1H3. The molecule has 1 aromatic heterocycles. The van der Waals surface area contributed by atoms with E-state index in [0.29, 0.717) is 0 Å². The molecule has 0 saturated heterocycles. The number of rotatable bonds is 1. The number of aromatic nitrogens is 1. The fourth-order valence-electron chi connectivity index (χ4n) is 0.920. The lowest BCUT2D eigenvalue weighted by Crippen LogP contribution is -2.18. The number of hydrogen-bond donors (Lipinski definition) is 1. The third-order valence-electron chi connectivity index (χ3n) is 1.55. The van der Waals surface area contributed by atoms with Crippen molar-refractivity contribution in [3.63, 3.8) is 0 Å². The quantitative estimate of drug-likeness (QED) is 0.777. The van der Waals surface area contributed by atoms with Gasteiger partial charge in [-0.1, -0.05) is 0 Å². The maximum absolute atomic E-state index is 11.9. The van der Waals surface area contributed by atoms with Crippen LogP contribution in [0.3, 0.4) is 0 Å². The molecule has 1 aromatic rings. The van der Waals surface area contributed by atoms with Gasteiger partial charge in [0.15, 0.2) is 5.75 Å². The van der Waals surface area contributed by atoms with E-state index >= 15 is 0 Å². The molecule has 15 heavy (non-hydrogen) atoms. The first-order chi connectivity index (χ1) is 6.83. The second-order valence-corrected chi connectivity index (χ2v) is 2.66. The molecular formula is C8H6F3N3O. The Kier molecular flexibility index (Phi) is 2.70. The third-order valence-corrected chi connectivity index (χ3v) is 1.55. The summed E-state index contributed by atoms with van der Waals surface area (Å²) in [6.45, 7) is 1.39. The zero-order valence-corrected chi connectivity index (χ0v) is 7.59. The molecule has 1 heterocycles. The minimum absolute atomic E-state index is 0.119. The number of aryl methyl sites for hydroxylation is 1. The number of anilines is 1. The number of hydrogen-bond acceptors (Lipinski definition) is 4. The number of halogens is 3. The highest BCUT2D eigenvalue weighted by atomic mass is 19.4. The summed E-state index contributed by atoms with van der Waals surface area (Å²) in [5, 5.41) is 8.49. The van der Waals surface area contributed by atoms with Gasteiger partial charge in [0.25, 0.3) is 0 Å². The van der Waals surface area contributed by atoms with E-state index in [1.165, 1.54) is 6.92 Å². The van der Waals surface area contributed by atoms with Crippen molar-refractivity contribution in [2.45, 2.75) is 13.3 Å². The fourth-order valence-corrected chi connectivity index (χ4v) is 0.920. The van der Waals surface area contributed by atoms with Crippen LogP contribution in [-0.4, -0.2) is 11.3 Å². The highest BCUT2D eigenvalue weighted by Gasteiger charge is 2.32. The van der Waals surface area contributed by atoms with E-state index in [-0.39, 0.29) is 17.1 Å². The number of nitrogens with two attached hydrogens (primary N) is 1. The van der Waals surface area contributed by atoms with E-state index in [0.717, 1.165) is 6.07 Å². The fraction of sp³-hybridized carbons (Fsp3) is 0.250. The lowest BCUT2D eigenvalue weighted by molar-refractivity contribution is -0.274. The van der Waals surface area contributed by atoms with E-state index in [9.17, 15) is 13.2 Å². The molecule has 0 unspecified atom stereocenters. The lowest BCUT2D eigenvalue weighted by atomic mass is 10.2. The summed E-state index contributed by atoms with van der Waals surface area (Å²) in [5.74, 6) is -0.605. The highest BCUT2D eigenvalue weighted by molar-refractivity contribution is 5.57. The second-order valence-electron chi connectivity index (χ2n) is 2.66. The van der Waals surface area contributed by atoms with Crippen LogP contribution in [0.5, 0.6) is 5.75 Å². The Labute approximate surface area is 83.1 Å². The van der Waals surface area contributed by atoms with Gasteiger partial charge < -0.3 is 10.5 Å². The van der Waals surface area contributed by atoms with Gasteiger partial charge in [0.1, 0.15) is 11.8 Å². The minimum Gasteiger partial charge on any atom is -0.403 e. The molecule has 0 amide bonds. The van der Waals surface area contributed by atoms with Crippen LogP contribution in [0, 0.1) is 18.3 Å². The van der Waals surface area contributed by atoms with E-state index in [1.54, 1.807) is 6.07 Å². The van der Waals surface area contributed by atoms with Gasteiger partial charge in [-0.3, -0.25) is 0 Å². The molecule has 0 aliphatic heterocycles. The normalized spacial score (nSPS) is 10.9. The van der Waals surface area contributed by atoms with Gasteiger partial charge in [-0.15, -0.1) is 13.2 Å². The number of nitrogens with zero attached hydrogens (tertiary/aromatic N) is 2. The molecule has 0 aromatic carbocycles. The Morgan fingerprint density at radius 3 is 2.60 bits per heavy atom. The lowest BCUT2D eigenvalue weighted by Gasteiger charge is -2.12. The van der Waals surface area contributed by atoms with Gasteiger partial charge >= 0.3 is 6.36 Å². The van der Waals surface area contributed by atoms with Crippen molar-refractivity contribution in [1.82, 2.24) is 4.98 Å².